The van der Waals surface area contributed by atoms with Gasteiger partial charge >= 0.3 is 0 Å². The molecule has 3 heteroatoms. The Balaban J connectivity index is 2.31. The quantitative estimate of drug-likeness (QED) is 0.898. The number of hydrogen-bond donors (Lipinski definition) is 1. The molecular formula is C15H23BrN2. The highest BCUT2D eigenvalue weighted by molar-refractivity contribution is 9.10. The van der Waals surface area contributed by atoms with Gasteiger partial charge < -0.3 is 10.2 Å². The first-order valence-electron chi connectivity index (χ1n) is 6.74. The van der Waals surface area contributed by atoms with E-state index in [2.05, 4.69) is 72.0 Å². The van der Waals surface area contributed by atoms with Crippen molar-refractivity contribution >= 4 is 21.6 Å². The van der Waals surface area contributed by atoms with E-state index in [-0.39, 0.29) is 0 Å². The van der Waals surface area contributed by atoms with Gasteiger partial charge in [0, 0.05) is 35.3 Å². The topological polar surface area (TPSA) is 15.3 Å². The molecule has 0 aromatic heterocycles. The van der Waals surface area contributed by atoms with E-state index in [0.717, 1.165) is 13.1 Å². The van der Waals surface area contributed by atoms with Crippen LogP contribution in [0.25, 0.3) is 0 Å². The van der Waals surface area contributed by atoms with Crippen LogP contribution in [-0.4, -0.2) is 25.2 Å². The minimum Gasteiger partial charge on any atom is -0.365 e. The molecule has 2 unspecified atom stereocenters. The zero-order valence-corrected chi connectivity index (χ0v) is 13.3. The third-order valence-corrected chi connectivity index (χ3v) is 4.13. The molecule has 2 nitrogen and oxygen atoms in total. The van der Waals surface area contributed by atoms with E-state index >= 15 is 0 Å². The van der Waals surface area contributed by atoms with Gasteiger partial charge in [0.15, 0.2) is 0 Å². The molecule has 1 heterocycles. The predicted octanol–water partition coefficient (Wildman–Crippen LogP) is 3.58. The van der Waals surface area contributed by atoms with E-state index in [4.69, 9.17) is 0 Å². The van der Waals surface area contributed by atoms with E-state index in [1.165, 1.54) is 15.7 Å². The summed E-state index contributed by atoms with van der Waals surface area (Å²) in [6.45, 7) is 11.2. The molecule has 0 aliphatic carbocycles. The minimum atomic E-state index is 0.555. The molecule has 1 aromatic rings. The summed E-state index contributed by atoms with van der Waals surface area (Å²) >= 11 is 3.61. The van der Waals surface area contributed by atoms with Crippen LogP contribution in [0.3, 0.4) is 0 Å². The van der Waals surface area contributed by atoms with Crippen molar-refractivity contribution in [2.24, 2.45) is 5.92 Å². The third-order valence-electron chi connectivity index (χ3n) is 3.67. The molecule has 1 fully saturated rings. The Bertz CT molecular complexity index is 397. The molecule has 1 aliphatic heterocycles. The van der Waals surface area contributed by atoms with Gasteiger partial charge in [-0.25, -0.2) is 0 Å². The molecule has 0 spiro atoms. The second kappa shape index (κ2) is 5.62. The smallest absolute Gasteiger partial charge is 0.0438 e. The number of aryl methyl sites for hydroxylation is 1. The van der Waals surface area contributed by atoms with Crippen molar-refractivity contribution in [2.45, 2.75) is 39.8 Å². The summed E-state index contributed by atoms with van der Waals surface area (Å²) in [5.74, 6) is 0.657. The fraction of sp³-hybridized carbons (Fsp3) is 0.600. The van der Waals surface area contributed by atoms with Crippen LogP contribution in [0.2, 0.25) is 0 Å². The van der Waals surface area contributed by atoms with Crippen LogP contribution in [0.15, 0.2) is 22.7 Å². The average molecular weight is 311 g/mol. The summed E-state index contributed by atoms with van der Waals surface area (Å²) in [4.78, 5) is 2.56. The molecule has 0 saturated carbocycles. The van der Waals surface area contributed by atoms with Gasteiger partial charge in [-0.3, -0.25) is 0 Å². The second-order valence-electron chi connectivity index (χ2n) is 5.76. The maximum atomic E-state index is 3.61. The molecule has 0 bridgehead atoms. The Labute approximate surface area is 119 Å². The van der Waals surface area contributed by atoms with Gasteiger partial charge in [0.1, 0.15) is 0 Å². The summed E-state index contributed by atoms with van der Waals surface area (Å²) in [5.41, 5.74) is 2.65. The SMILES string of the molecule is Cc1cc(Br)cc(N2CC(C)NCC2C(C)C)c1. The van der Waals surface area contributed by atoms with Gasteiger partial charge in [0.2, 0.25) is 0 Å². The maximum absolute atomic E-state index is 3.61. The largest absolute Gasteiger partial charge is 0.365 e. The van der Waals surface area contributed by atoms with Crippen molar-refractivity contribution < 1.29 is 0 Å². The fourth-order valence-electron chi connectivity index (χ4n) is 2.70. The van der Waals surface area contributed by atoms with Crippen molar-refractivity contribution in [1.29, 1.82) is 0 Å². The predicted molar refractivity (Wildman–Crippen MR) is 82.3 cm³/mol. The summed E-state index contributed by atoms with van der Waals surface area (Å²) in [7, 11) is 0. The van der Waals surface area contributed by atoms with Gasteiger partial charge in [0.05, 0.1) is 0 Å². The lowest BCUT2D eigenvalue weighted by molar-refractivity contribution is 0.349. The highest BCUT2D eigenvalue weighted by Gasteiger charge is 2.28. The second-order valence-corrected chi connectivity index (χ2v) is 6.68. The lowest BCUT2D eigenvalue weighted by Gasteiger charge is -2.43. The normalized spacial score (nSPS) is 24.7. The molecule has 18 heavy (non-hydrogen) atoms. The van der Waals surface area contributed by atoms with Crippen LogP contribution >= 0.6 is 15.9 Å². The van der Waals surface area contributed by atoms with Crippen molar-refractivity contribution in [1.82, 2.24) is 5.32 Å². The molecule has 100 valence electrons. The fourth-order valence-corrected chi connectivity index (χ4v) is 3.30. The van der Waals surface area contributed by atoms with E-state index in [9.17, 15) is 0 Å². The van der Waals surface area contributed by atoms with Gasteiger partial charge in [-0.05, 0) is 43.5 Å². The Morgan fingerprint density at radius 2 is 2.06 bits per heavy atom. The number of rotatable bonds is 2. The number of anilines is 1. The third kappa shape index (κ3) is 3.07. The first-order valence-corrected chi connectivity index (χ1v) is 7.54. The van der Waals surface area contributed by atoms with Crippen LogP contribution < -0.4 is 10.2 Å². The van der Waals surface area contributed by atoms with Gasteiger partial charge in [0.25, 0.3) is 0 Å². The molecule has 1 N–H and O–H groups in total. The van der Waals surface area contributed by atoms with Crippen molar-refractivity contribution in [3.63, 3.8) is 0 Å². The van der Waals surface area contributed by atoms with Crippen molar-refractivity contribution in [3.05, 3.63) is 28.2 Å². The molecule has 2 atom stereocenters. The molecule has 0 amide bonds. The van der Waals surface area contributed by atoms with E-state index in [0.29, 0.717) is 18.0 Å². The lowest BCUT2D eigenvalue weighted by atomic mass is 9.97. The zero-order chi connectivity index (χ0) is 13.3. The molecule has 1 saturated heterocycles. The first kappa shape index (κ1) is 13.9. The van der Waals surface area contributed by atoms with Crippen LogP contribution in [0, 0.1) is 12.8 Å². The van der Waals surface area contributed by atoms with Crippen LogP contribution in [0.5, 0.6) is 0 Å². The Morgan fingerprint density at radius 3 is 2.67 bits per heavy atom. The van der Waals surface area contributed by atoms with Crippen molar-refractivity contribution in [3.8, 4) is 0 Å². The number of benzene rings is 1. The Hall–Kier alpha value is -0.540. The monoisotopic (exact) mass is 310 g/mol. The Morgan fingerprint density at radius 1 is 1.33 bits per heavy atom. The van der Waals surface area contributed by atoms with Crippen LogP contribution in [0.1, 0.15) is 26.3 Å². The lowest BCUT2D eigenvalue weighted by Crippen LogP contribution is -2.57. The maximum Gasteiger partial charge on any atom is 0.0438 e. The number of halogens is 1. The molecule has 2 rings (SSSR count). The zero-order valence-electron chi connectivity index (χ0n) is 11.7. The van der Waals surface area contributed by atoms with E-state index in [1.807, 2.05) is 0 Å². The highest BCUT2D eigenvalue weighted by Crippen LogP contribution is 2.27. The highest BCUT2D eigenvalue weighted by atomic mass is 79.9. The summed E-state index contributed by atoms with van der Waals surface area (Å²) in [6.07, 6.45) is 0. The first-order chi connectivity index (χ1) is 8.47. The number of piperazine rings is 1. The average Bonchev–Trinajstić information content (AvgIpc) is 2.27. The van der Waals surface area contributed by atoms with Gasteiger partial charge in [-0.1, -0.05) is 29.8 Å². The number of nitrogens with zero attached hydrogens (tertiary/aromatic N) is 1. The number of hydrogen-bond acceptors (Lipinski definition) is 2. The summed E-state index contributed by atoms with van der Waals surface area (Å²) in [5, 5.41) is 3.59. The van der Waals surface area contributed by atoms with E-state index in [1.54, 1.807) is 0 Å². The Kier molecular flexibility index (Phi) is 4.33. The molecule has 1 aromatic carbocycles. The van der Waals surface area contributed by atoms with Crippen LogP contribution in [-0.2, 0) is 0 Å². The molecule has 1 aliphatic rings. The molecular weight excluding hydrogens is 288 g/mol. The van der Waals surface area contributed by atoms with Crippen molar-refractivity contribution in [2.75, 3.05) is 18.0 Å². The van der Waals surface area contributed by atoms with E-state index < -0.39 is 0 Å². The summed E-state index contributed by atoms with van der Waals surface area (Å²) in [6, 6.07) is 7.83. The minimum absolute atomic E-state index is 0.555. The standard InChI is InChI=1S/C15H23BrN2/c1-10(2)15-8-17-12(4)9-18(15)14-6-11(3)5-13(16)7-14/h5-7,10,12,15,17H,8-9H2,1-4H3. The van der Waals surface area contributed by atoms with Gasteiger partial charge in [-0.15, -0.1) is 0 Å². The number of nitrogens with one attached hydrogen (secondary N) is 1. The van der Waals surface area contributed by atoms with Crippen LogP contribution in [0.4, 0.5) is 5.69 Å². The summed E-state index contributed by atoms with van der Waals surface area (Å²) < 4.78 is 1.17. The van der Waals surface area contributed by atoms with Gasteiger partial charge in [-0.2, -0.15) is 0 Å². The molecule has 0 radical (unpaired) electrons.